The normalized spacial score (nSPS) is 21.5. The Morgan fingerprint density at radius 2 is 1.81 bits per heavy atom. The van der Waals surface area contributed by atoms with Crippen molar-refractivity contribution in [2.45, 2.75) is 38.9 Å². The van der Waals surface area contributed by atoms with E-state index in [-0.39, 0.29) is 5.91 Å². The van der Waals surface area contributed by atoms with Crippen LogP contribution in [0.15, 0.2) is 18.2 Å². The van der Waals surface area contributed by atoms with Crippen LogP contribution in [0.1, 0.15) is 47.7 Å². The number of aryl methyl sites for hydroxylation is 1. The van der Waals surface area contributed by atoms with Gasteiger partial charge in [0.2, 0.25) is 0 Å². The number of nitrogens with zero attached hydrogens (tertiary/aromatic N) is 1. The van der Waals surface area contributed by atoms with E-state index < -0.39 is 5.79 Å². The Balaban J connectivity index is 1.82. The number of hydrogen-bond acceptors (Lipinski definition) is 3. The van der Waals surface area contributed by atoms with Gasteiger partial charge in [-0.05, 0) is 50.8 Å². The molecule has 0 N–H and O–H groups in total. The molecule has 21 heavy (non-hydrogen) atoms. The van der Waals surface area contributed by atoms with Gasteiger partial charge in [0.15, 0.2) is 5.79 Å². The summed E-state index contributed by atoms with van der Waals surface area (Å²) < 4.78 is 11.4. The lowest BCUT2D eigenvalue weighted by Gasteiger charge is -2.28. The molecule has 4 heteroatoms. The van der Waals surface area contributed by atoms with Crippen LogP contribution in [0.5, 0.6) is 0 Å². The van der Waals surface area contributed by atoms with Crippen molar-refractivity contribution in [3.8, 4) is 0 Å². The molecular formula is C17H23NO3. The van der Waals surface area contributed by atoms with E-state index in [1.165, 1.54) is 6.42 Å². The molecule has 0 radical (unpaired) electrons. The minimum atomic E-state index is -0.669. The Morgan fingerprint density at radius 3 is 2.43 bits per heavy atom. The van der Waals surface area contributed by atoms with Gasteiger partial charge in [-0.1, -0.05) is 6.07 Å². The summed E-state index contributed by atoms with van der Waals surface area (Å²) >= 11 is 0. The van der Waals surface area contributed by atoms with Crippen LogP contribution in [-0.4, -0.2) is 37.1 Å². The molecule has 2 saturated heterocycles. The van der Waals surface area contributed by atoms with E-state index in [1.807, 2.05) is 36.9 Å². The predicted octanol–water partition coefficient (Wildman–Crippen LogP) is 2.84. The number of piperidine rings is 1. The molecule has 1 aromatic rings. The number of ether oxygens (including phenoxy) is 2. The zero-order chi connectivity index (χ0) is 14.9. The van der Waals surface area contributed by atoms with E-state index in [0.717, 1.165) is 42.6 Å². The highest BCUT2D eigenvalue weighted by atomic mass is 16.7. The third-order valence-corrected chi connectivity index (χ3v) is 4.46. The Hall–Kier alpha value is -1.39. The molecule has 0 unspecified atom stereocenters. The van der Waals surface area contributed by atoms with E-state index in [9.17, 15) is 4.79 Å². The molecule has 0 spiro atoms. The number of benzene rings is 1. The smallest absolute Gasteiger partial charge is 0.254 e. The topological polar surface area (TPSA) is 38.8 Å². The van der Waals surface area contributed by atoms with Crippen molar-refractivity contribution < 1.29 is 14.3 Å². The lowest BCUT2D eigenvalue weighted by molar-refractivity contribution is -0.149. The minimum absolute atomic E-state index is 0.150. The molecule has 1 amide bonds. The highest BCUT2D eigenvalue weighted by Crippen LogP contribution is 2.32. The van der Waals surface area contributed by atoms with Crippen molar-refractivity contribution in [1.82, 2.24) is 4.90 Å². The number of carbonyl (C=O) groups is 1. The number of carbonyl (C=O) groups excluding carboxylic acids is 1. The first-order valence-electron chi connectivity index (χ1n) is 7.78. The Kier molecular flexibility index (Phi) is 4.00. The van der Waals surface area contributed by atoms with Crippen LogP contribution in [0.4, 0.5) is 0 Å². The fourth-order valence-corrected chi connectivity index (χ4v) is 3.13. The first-order chi connectivity index (χ1) is 10.1. The largest absolute Gasteiger partial charge is 0.344 e. The van der Waals surface area contributed by atoms with Crippen LogP contribution in [-0.2, 0) is 15.3 Å². The van der Waals surface area contributed by atoms with Gasteiger partial charge in [-0.3, -0.25) is 4.79 Å². The number of likely N-dealkylation sites (tertiary alicyclic amines) is 1. The molecule has 0 atom stereocenters. The second-order valence-corrected chi connectivity index (χ2v) is 6.03. The van der Waals surface area contributed by atoms with Gasteiger partial charge in [0.25, 0.3) is 5.91 Å². The summed E-state index contributed by atoms with van der Waals surface area (Å²) in [5, 5.41) is 0. The van der Waals surface area contributed by atoms with Crippen molar-refractivity contribution in [1.29, 1.82) is 0 Å². The molecule has 114 valence electrons. The maximum absolute atomic E-state index is 12.6. The Labute approximate surface area is 126 Å². The summed E-state index contributed by atoms with van der Waals surface area (Å²) in [4.78, 5) is 14.6. The molecule has 1 aromatic carbocycles. The molecule has 2 heterocycles. The van der Waals surface area contributed by atoms with E-state index >= 15 is 0 Å². The molecule has 2 aliphatic rings. The fourth-order valence-electron chi connectivity index (χ4n) is 3.13. The van der Waals surface area contributed by atoms with Gasteiger partial charge in [0.05, 0.1) is 13.2 Å². The monoisotopic (exact) mass is 289 g/mol. The number of amides is 1. The van der Waals surface area contributed by atoms with Crippen LogP contribution in [0.3, 0.4) is 0 Å². The molecule has 4 nitrogen and oxygen atoms in total. The summed E-state index contributed by atoms with van der Waals surface area (Å²) in [6.45, 7) is 6.90. The predicted molar refractivity (Wildman–Crippen MR) is 80.2 cm³/mol. The minimum Gasteiger partial charge on any atom is -0.344 e. The summed E-state index contributed by atoms with van der Waals surface area (Å²) in [5.41, 5.74) is 2.76. The van der Waals surface area contributed by atoms with Crippen molar-refractivity contribution in [2.24, 2.45) is 0 Å². The van der Waals surface area contributed by atoms with Gasteiger partial charge < -0.3 is 14.4 Å². The average Bonchev–Trinajstić information content (AvgIpc) is 2.95. The molecule has 0 aliphatic carbocycles. The van der Waals surface area contributed by atoms with Crippen molar-refractivity contribution in [3.63, 3.8) is 0 Å². The second-order valence-electron chi connectivity index (χ2n) is 6.03. The van der Waals surface area contributed by atoms with Gasteiger partial charge in [0.1, 0.15) is 0 Å². The standard InChI is InChI=1S/C17H23NO3/c1-13-12-14(17(2)20-10-11-21-17)6-7-15(13)16(19)18-8-4-3-5-9-18/h6-7,12H,3-5,8-11H2,1-2H3. The Bertz CT molecular complexity index is 529. The molecule has 0 saturated carbocycles. The third-order valence-electron chi connectivity index (χ3n) is 4.46. The van der Waals surface area contributed by atoms with Crippen LogP contribution >= 0.6 is 0 Å². The highest BCUT2D eigenvalue weighted by molar-refractivity contribution is 5.95. The first kappa shape index (κ1) is 14.5. The molecular weight excluding hydrogens is 266 g/mol. The van der Waals surface area contributed by atoms with Crippen LogP contribution in [0.2, 0.25) is 0 Å². The maximum Gasteiger partial charge on any atom is 0.254 e. The van der Waals surface area contributed by atoms with Crippen LogP contribution < -0.4 is 0 Å². The van der Waals surface area contributed by atoms with E-state index in [4.69, 9.17) is 9.47 Å². The maximum atomic E-state index is 12.6. The average molecular weight is 289 g/mol. The lowest BCUT2D eigenvalue weighted by Crippen LogP contribution is -2.36. The molecule has 0 aromatic heterocycles. The van der Waals surface area contributed by atoms with Gasteiger partial charge >= 0.3 is 0 Å². The third kappa shape index (κ3) is 2.83. The zero-order valence-electron chi connectivity index (χ0n) is 12.9. The van der Waals surface area contributed by atoms with Gasteiger partial charge in [-0.2, -0.15) is 0 Å². The molecule has 0 bridgehead atoms. The van der Waals surface area contributed by atoms with E-state index in [0.29, 0.717) is 13.2 Å². The number of rotatable bonds is 2. The molecule has 2 aliphatic heterocycles. The number of hydrogen-bond donors (Lipinski definition) is 0. The van der Waals surface area contributed by atoms with E-state index in [2.05, 4.69) is 0 Å². The van der Waals surface area contributed by atoms with Crippen molar-refractivity contribution in [3.05, 3.63) is 34.9 Å². The molecule has 2 fully saturated rings. The first-order valence-corrected chi connectivity index (χ1v) is 7.78. The Morgan fingerprint density at radius 1 is 1.14 bits per heavy atom. The molecule has 3 rings (SSSR count). The van der Waals surface area contributed by atoms with Gasteiger partial charge in [-0.25, -0.2) is 0 Å². The van der Waals surface area contributed by atoms with Crippen LogP contribution in [0, 0.1) is 6.92 Å². The summed E-state index contributed by atoms with van der Waals surface area (Å²) in [6, 6.07) is 5.88. The van der Waals surface area contributed by atoms with Gasteiger partial charge in [-0.15, -0.1) is 0 Å². The van der Waals surface area contributed by atoms with Gasteiger partial charge in [0, 0.05) is 24.2 Å². The lowest BCUT2D eigenvalue weighted by atomic mass is 9.99. The highest BCUT2D eigenvalue weighted by Gasteiger charge is 2.33. The van der Waals surface area contributed by atoms with Crippen LogP contribution in [0.25, 0.3) is 0 Å². The summed E-state index contributed by atoms with van der Waals surface area (Å²) in [5.74, 6) is -0.519. The van der Waals surface area contributed by atoms with Crippen molar-refractivity contribution in [2.75, 3.05) is 26.3 Å². The van der Waals surface area contributed by atoms with E-state index in [1.54, 1.807) is 0 Å². The van der Waals surface area contributed by atoms with Crippen molar-refractivity contribution >= 4 is 5.91 Å². The summed E-state index contributed by atoms with van der Waals surface area (Å²) in [6.07, 6.45) is 3.46. The second kappa shape index (κ2) is 5.78. The quantitative estimate of drug-likeness (QED) is 0.840. The fraction of sp³-hybridized carbons (Fsp3) is 0.588. The summed E-state index contributed by atoms with van der Waals surface area (Å²) in [7, 11) is 0. The zero-order valence-corrected chi connectivity index (χ0v) is 12.9. The SMILES string of the molecule is Cc1cc(C2(C)OCCO2)ccc1C(=O)N1CCCCC1.